The van der Waals surface area contributed by atoms with Crippen LogP contribution in [-0.4, -0.2) is 14.0 Å². The van der Waals surface area contributed by atoms with Crippen molar-refractivity contribution in [1.82, 2.24) is 14.0 Å². The van der Waals surface area contributed by atoms with Gasteiger partial charge in [0.1, 0.15) is 16.7 Å². The average molecular weight is 612 g/mol. The maximum atomic E-state index is 6.58. The van der Waals surface area contributed by atoms with E-state index in [4.69, 9.17) is 9.40 Å². The number of benzene rings is 7. The lowest BCUT2D eigenvalue weighted by Gasteiger charge is -2.15. The van der Waals surface area contributed by atoms with Crippen LogP contribution in [0.2, 0.25) is 0 Å². The van der Waals surface area contributed by atoms with Crippen molar-refractivity contribution in [3.05, 3.63) is 139 Å². The lowest BCUT2D eigenvalue weighted by atomic mass is 10.0. The lowest BCUT2D eigenvalue weighted by Crippen LogP contribution is -1.98. The number of furan rings is 1. The molecule has 0 spiro atoms. The maximum absolute atomic E-state index is 6.58. The fourth-order valence-electron chi connectivity index (χ4n) is 8.71. The highest BCUT2D eigenvalue weighted by Crippen LogP contribution is 2.50. The van der Waals surface area contributed by atoms with Crippen LogP contribution in [0.25, 0.3) is 110 Å². The third-order valence-corrected chi connectivity index (χ3v) is 10.7. The summed E-state index contributed by atoms with van der Waals surface area (Å²) >= 11 is 0. The van der Waals surface area contributed by atoms with Gasteiger partial charge in [-0.1, -0.05) is 103 Å². The predicted molar refractivity (Wildman–Crippen MR) is 198 cm³/mol. The summed E-state index contributed by atoms with van der Waals surface area (Å²) in [5, 5.41) is 8.27. The molecule has 4 heterocycles. The molecule has 4 nitrogen and oxygen atoms in total. The monoisotopic (exact) mass is 611 g/mol. The van der Waals surface area contributed by atoms with Crippen LogP contribution in [-0.2, 0) is 0 Å². The largest absolute Gasteiger partial charge is 0.454 e. The van der Waals surface area contributed by atoms with E-state index in [1.807, 2.05) is 0 Å². The maximum Gasteiger partial charge on any atom is 0.163 e. The van der Waals surface area contributed by atoms with Gasteiger partial charge < -0.3 is 8.98 Å². The molecule has 0 saturated carbocycles. The first-order valence-electron chi connectivity index (χ1n) is 16.5. The molecule has 0 atom stereocenters. The highest BCUT2D eigenvalue weighted by Gasteiger charge is 2.26. The van der Waals surface area contributed by atoms with Crippen molar-refractivity contribution in [3.63, 3.8) is 0 Å². The van der Waals surface area contributed by atoms with Crippen molar-refractivity contribution >= 4 is 82.1 Å². The molecule has 1 aliphatic rings. The highest BCUT2D eigenvalue weighted by molar-refractivity contribution is 6.25. The molecule has 0 N–H and O–H groups in total. The topological polar surface area (TPSA) is 35.4 Å². The van der Waals surface area contributed by atoms with Crippen LogP contribution < -0.4 is 0 Å². The Bertz CT molecular complexity index is 3220. The number of fused-ring (bicyclic) bond motifs is 17. The minimum atomic E-state index is 0.838. The molecule has 0 saturated heterocycles. The van der Waals surface area contributed by atoms with E-state index >= 15 is 0 Å². The summed E-state index contributed by atoms with van der Waals surface area (Å²) < 4.78 is 11.5. The summed E-state index contributed by atoms with van der Waals surface area (Å²) in [6, 6.07) is 48.6. The molecule has 1 aliphatic carbocycles. The quantitative estimate of drug-likeness (QED) is 0.185. The second kappa shape index (κ2) is 8.49. The smallest absolute Gasteiger partial charge is 0.163 e. The van der Waals surface area contributed by atoms with Crippen LogP contribution in [0, 0.1) is 6.92 Å². The molecule has 0 unspecified atom stereocenters. The number of rotatable bonds is 1. The zero-order valence-corrected chi connectivity index (χ0v) is 26.0. The minimum Gasteiger partial charge on any atom is -0.454 e. The number of para-hydroxylation sites is 1. The van der Waals surface area contributed by atoms with E-state index < -0.39 is 0 Å². The van der Waals surface area contributed by atoms with Crippen LogP contribution >= 0.6 is 0 Å². The van der Waals surface area contributed by atoms with E-state index in [1.54, 1.807) is 0 Å². The van der Waals surface area contributed by atoms with E-state index in [2.05, 4.69) is 149 Å². The van der Waals surface area contributed by atoms with Gasteiger partial charge in [0.2, 0.25) is 0 Å². The molecule has 7 aromatic carbocycles. The molecule has 0 fully saturated rings. The summed E-state index contributed by atoms with van der Waals surface area (Å²) in [7, 11) is 0. The summed E-state index contributed by atoms with van der Waals surface area (Å²) in [5.74, 6) is 0. The van der Waals surface area contributed by atoms with Gasteiger partial charge in [0.25, 0.3) is 0 Å². The Balaban J connectivity index is 1.29. The number of pyridine rings is 1. The third-order valence-electron chi connectivity index (χ3n) is 10.7. The van der Waals surface area contributed by atoms with Gasteiger partial charge in [0, 0.05) is 32.3 Å². The molecule has 0 bridgehead atoms. The molecule has 4 heteroatoms. The zero-order valence-electron chi connectivity index (χ0n) is 26.0. The van der Waals surface area contributed by atoms with Gasteiger partial charge in [-0.05, 0) is 70.5 Å². The minimum absolute atomic E-state index is 0.838. The standard InChI is InChI=1S/C44H25N3O/c1-24-17-18-27-31-20-22-37-40(43(31)48-38(27)23-24)45-44-32-12-5-4-11-30(32)41-42(47(37)44)34-13-6-7-16-35(34)46(41)36-21-19-29-26-10-3-2-9-25(26)28-14-8-15-33(36)39(28)29/h2-23H,1H3. The SMILES string of the molecule is Cc1ccc2c(c1)oc1c2ccc2c1nc1c3ccccc3c3c(c4ccccc4n3-c3ccc4c5c(cccc35)-c3ccccc3-4)n21. The summed E-state index contributed by atoms with van der Waals surface area (Å²) in [6.07, 6.45) is 0. The van der Waals surface area contributed by atoms with Crippen LogP contribution in [0.1, 0.15) is 5.56 Å². The Morgan fingerprint density at radius 2 is 1.23 bits per heavy atom. The molecule has 0 radical (unpaired) electrons. The fourth-order valence-corrected chi connectivity index (χ4v) is 8.71. The van der Waals surface area contributed by atoms with E-state index in [0.29, 0.717) is 0 Å². The van der Waals surface area contributed by atoms with Crippen molar-refractivity contribution in [2.75, 3.05) is 0 Å². The van der Waals surface area contributed by atoms with Crippen molar-refractivity contribution in [3.8, 4) is 27.9 Å². The highest BCUT2D eigenvalue weighted by atomic mass is 16.3. The Hall–Kier alpha value is -6.39. The third kappa shape index (κ3) is 2.86. The van der Waals surface area contributed by atoms with Crippen LogP contribution in [0.3, 0.4) is 0 Å². The Morgan fingerprint density at radius 1 is 0.521 bits per heavy atom. The second-order valence-corrected chi connectivity index (χ2v) is 13.2. The number of aromatic nitrogens is 3. The molecule has 222 valence electrons. The predicted octanol–water partition coefficient (Wildman–Crippen LogP) is 11.7. The molecule has 4 aromatic heterocycles. The first-order valence-corrected chi connectivity index (χ1v) is 16.5. The van der Waals surface area contributed by atoms with Gasteiger partial charge in [0.05, 0.1) is 27.8 Å². The molecular formula is C44H25N3O. The van der Waals surface area contributed by atoms with Gasteiger partial charge in [-0.15, -0.1) is 0 Å². The van der Waals surface area contributed by atoms with Gasteiger partial charge in [-0.3, -0.25) is 4.40 Å². The number of imidazole rings is 1. The fraction of sp³-hybridized carbons (Fsp3) is 0.0227. The van der Waals surface area contributed by atoms with Crippen molar-refractivity contribution in [2.24, 2.45) is 0 Å². The average Bonchev–Trinajstić information content (AvgIpc) is 3.87. The normalized spacial score (nSPS) is 12.7. The molecule has 12 rings (SSSR count). The van der Waals surface area contributed by atoms with E-state index in [1.165, 1.54) is 66.1 Å². The Morgan fingerprint density at radius 3 is 2.10 bits per heavy atom. The summed E-state index contributed by atoms with van der Waals surface area (Å²) in [6.45, 7) is 2.10. The van der Waals surface area contributed by atoms with Gasteiger partial charge in [-0.25, -0.2) is 4.98 Å². The van der Waals surface area contributed by atoms with Gasteiger partial charge in [0.15, 0.2) is 5.58 Å². The summed E-state index contributed by atoms with van der Waals surface area (Å²) in [4.78, 5) is 5.39. The number of nitrogens with zero attached hydrogens (tertiary/aromatic N) is 3. The van der Waals surface area contributed by atoms with Crippen molar-refractivity contribution in [2.45, 2.75) is 6.92 Å². The molecule has 0 amide bonds. The molecule has 48 heavy (non-hydrogen) atoms. The first kappa shape index (κ1) is 24.8. The van der Waals surface area contributed by atoms with Crippen molar-refractivity contribution < 1.29 is 4.42 Å². The van der Waals surface area contributed by atoms with E-state index in [0.717, 1.165) is 49.5 Å². The Kier molecular flexibility index (Phi) is 4.39. The lowest BCUT2D eigenvalue weighted by molar-refractivity contribution is 0.671. The van der Waals surface area contributed by atoms with E-state index in [9.17, 15) is 0 Å². The Labute approximate surface area is 273 Å². The van der Waals surface area contributed by atoms with Crippen LogP contribution in [0.15, 0.2) is 138 Å². The number of hydrogen-bond acceptors (Lipinski definition) is 2. The second-order valence-electron chi connectivity index (χ2n) is 13.2. The first-order chi connectivity index (χ1) is 23.7. The van der Waals surface area contributed by atoms with Gasteiger partial charge >= 0.3 is 0 Å². The number of hydrogen-bond donors (Lipinski definition) is 0. The van der Waals surface area contributed by atoms with Crippen LogP contribution in [0.5, 0.6) is 0 Å². The van der Waals surface area contributed by atoms with Gasteiger partial charge in [-0.2, -0.15) is 0 Å². The summed E-state index contributed by atoms with van der Waals surface area (Å²) in [5.41, 5.74) is 15.7. The van der Waals surface area contributed by atoms with Crippen LogP contribution in [0.4, 0.5) is 0 Å². The molecule has 0 aliphatic heterocycles. The van der Waals surface area contributed by atoms with E-state index in [-0.39, 0.29) is 0 Å². The number of aryl methyl sites for hydroxylation is 1. The molecule has 11 aromatic rings. The molecular weight excluding hydrogens is 587 g/mol. The van der Waals surface area contributed by atoms with Crippen molar-refractivity contribution in [1.29, 1.82) is 0 Å². The zero-order chi connectivity index (χ0) is 31.2.